The first-order valence-electron chi connectivity index (χ1n) is 6.75. The zero-order valence-electron chi connectivity index (χ0n) is 11.2. The number of carbonyl (C=O) groups excluding carboxylic acids is 1. The van der Waals surface area contributed by atoms with Gasteiger partial charge in [0, 0.05) is 31.0 Å². The molecule has 98 valence electrons. The van der Waals surface area contributed by atoms with Crippen molar-refractivity contribution in [3.63, 3.8) is 0 Å². The number of fused-ring (bicyclic) bond motifs is 4. The summed E-state index contributed by atoms with van der Waals surface area (Å²) in [5.74, 6) is 0.101. The normalized spacial score (nSPS) is 23.1. The molecule has 2 aliphatic rings. The highest BCUT2D eigenvalue weighted by atomic mass is 16.2. The lowest BCUT2D eigenvalue weighted by Gasteiger charge is -2.29. The summed E-state index contributed by atoms with van der Waals surface area (Å²) in [6.45, 7) is 0. The zero-order valence-corrected chi connectivity index (χ0v) is 11.2. The monoisotopic (exact) mass is 262 g/mol. The Morgan fingerprint density at radius 2 is 1.95 bits per heavy atom. The Hall–Kier alpha value is -2.42. The van der Waals surface area contributed by atoms with Crippen LogP contribution in [0, 0.1) is 0 Å². The molecule has 2 heterocycles. The average molecular weight is 262 g/mol. The Morgan fingerprint density at radius 1 is 1.15 bits per heavy atom. The molecule has 1 aliphatic carbocycles. The summed E-state index contributed by atoms with van der Waals surface area (Å²) in [7, 11) is 1.84. The molecule has 4 rings (SSSR count). The molecule has 3 heteroatoms. The maximum Gasteiger partial charge on any atom is 0.245 e. The van der Waals surface area contributed by atoms with Crippen LogP contribution in [0.4, 0.5) is 5.69 Å². The van der Waals surface area contributed by atoms with E-state index in [0.717, 1.165) is 28.9 Å². The lowest BCUT2D eigenvalue weighted by Crippen LogP contribution is -2.40. The predicted molar refractivity (Wildman–Crippen MR) is 77.7 cm³/mol. The number of hydrogen-bond donors (Lipinski definition) is 0. The molecule has 0 bridgehead atoms. The van der Waals surface area contributed by atoms with Gasteiger partial charge in [-0.15, -0.1) is 0 Å². The molecule has 1 atom stereocenters. The van der Waals surface area contributed by atoms with E-state index < -0.39 is 5.41 Å². The summed E-state index contributed by atoms with van der Waals surface area (Å²) in [5.41, 5.74) is 3.36. The molecule has 0 fully saturated rings. The van der Waals surface area contributed by atoms with E-state index in [1.165, 1.54) is 0 Å². The molecule has 0 radical (unpaired) electrons. The van der Waals surface area contributed by atoms with E-state index in [1.54, 1.807) is 11.1 Å². The second kappa shape index (κ2) is 3.79. The molecule has 1 spiro atoms. The standard InChI is InChI=1S/C17H14N2O/c1-19-15-9-3-2-6-13(15)17(16(19)20)10-4-8-14-12(17)7-5-11-18-14/h2-7,9-11H,8H2,1H3/t17-/m1/s1. The lowest BCUT2D eigenvalue weighted by molar-refractivity contribution is -0.120. The molecule has 0 saturated carbocycles. The van der Waals surface area contributed by atoms with Crippen LogP contribution in [0.15, 0.2) is 54.7 Å². The molecule has 0 saturated heterocycles. The average Bonchev–Trinajstić information content (AvgIpc) is 2.72. The Balaban J connectivity index is 2.09. The number of aromatic nitrogens is 1. The molecule has 20 heavy (non-hydrogen) atoms. The van der Waals surface area contributed by atoms with Crippen molar-refractivity contribution in [3.8, 4) is 0 Å². The lowest BCUT2D eigenvalue weighted by atomic mass is 9.71. The summed E-state index contributed by atoms with van der Waals surface area (Å²) in [6, 6.07) is 11.9. The molecule has 0 unspecified atom stereocenters. The first-order valence-corrected chi connectivity index (χ1v) is 6.75. The number of carbonyl (C=O) groups is 1. The minimum atomic E-state index is -0.687. The Morgan fingerprint density at radius 3 is 2.85 bits per heavy atom. The third-order valence-corrected chi connectivity index (χ3v) is 4.33. The number of benzene rings is 1. The molecule has 3 nitrogen and oxygen atoms in total. The van der Waals surface area contributed by atoms with Gasteiger partial charge in [0.15, 0.2) is 0 Å². The van der Waals surface area contributed by atoms with Crippen LogP contribution in [0.1, 0.15) is 16.8 Å². The number of anilines is 1. The molecule has 0 N–H and O–H groups in total. The summed E-state index contributed by atoms with van der Waals surface area (Å²) in [6.07, 6.45) is 6.68. The third-order valence-electron chi connectivity index (χ3n) is 4.33. The van der Waals surface area contributed by atoms with Gasteiger partial charge < -0.3 is 4.90 Å². The predicted octanol–water partition coefficient (Wildman–Crippen LogP) is 2.46. The topological polar surface area (TPSA) is 33.2 Å². The van der Waals surface area contributed by atoms with E-state index in [-0.39, 0.29) is 5.91 Å². The first kappa shape index (κ1) is 11.4. The van der Waals surface area contributed by atoms with E-state index in [0.29, 0.717) is 0 Å². The van der Waals surface area contributed by atoms with Gasteiger partial charge in [-0.25, -0.2) is 0 Å². The van der Waals surface area contributed by atoms with Crippen molar-refractivity contribution in [1.29, 1.82) is 0 Å². The van der Waals surface area contributed by atoms with Crippen LogP contribution >= 0.6 is 0 Å². The van der Waals surface area contributed by atoms with Gasteiger partial charge in [0.25, 0.3) is 0 Å². The Labute approximate surface area is 117 Å². The quantitative estimate of drug-likeness (QED) is 0.683. The molecule has 1 amide bonds. The Kier molecular flexibility index (Phi) is 2.16. The maximum absolute atomic E-state index is 12.9. The van der Waals surface area contributed by atoms with Crippen LogP contribution in [0.3, 0.4) is 0 Å². The fourth-order valence-corrected chi connectivity index (χ4v) is 3.41. The summed E-state index contributed by atoms with van der Waals surface area (Å²) in [5, 5.41) is 0. The molecule has 2 aromatic rings. The van der Waals surface area contributed by atoms with Gasteiger partial charge in [-0.2, -0.15) is 0 Å². The molecule has 1 aromatic carbocycles. The van der Waals surface area contributed by atoms with Gasteiger partial charge in [-0.3, -0.25) is 9.78 Å². The van der Waals surface area contributed by atoms with Crippen LogP contribution < -0.4 is 4.90 Å². The number of para-hydroxylation sites is 1. The van der Waals surface area contributed by atoms with Crippen molar-refractivity contribution in [3.05, 3.63) is 71.6 Å². The number of likely N-dealkylation sites (N-methyl/N-ethyl adjacent to an activating group) is 1. The van der Waals surface area contributed by atoms with Crippen LogP contribution in [0.25, 0.3) is 0 Å². The number of allylic oxidation sites excluding steroid dienone is 1. The highest BCUT2D eigenvalue weighted by Gasteiger charge is 2.51. The van der Waals surface area contributed by atoms with E-state index in [4.69, 9.17) is 0 Å². The van der Waals surface area contributed by atoms with Crippen molar-refractivity contribution in [2.75, 3.05) is 11.9 Å². The van der Waals surface area contributed by atoms with Gasteiger partial charge in [-0.05, 0) is 23.3 Å². The third kappa shape index (κ3) is 1.20. The van der Waals surface area contributed by atoms with Crippen LogP contribution in [-0.4, -0.2) is 17.9 Å². The van der Waals surface area contributed by atoms with Crippen LogP contribution in [-0.2, 0) is 16.6 Å². The van der Waals surface area contributed by atoms with Gasteiger partial charge >= 0.3 is 0 Å². The summed E-state index contributed by atoms with van der Waals surface area (Å²) < 4.78 is 0. The zero-order chi connectivity index (χ0) is 13.7. The fraction of sp³-hybridized carbons (Fsp3) is 0.176. The number of rotatable bonds is 0. The maximum atomic E-state index is 12.9. The molecular formula is C17H14N2O. The van der Waals surface area contributed by atoms with Gasteiger partial charge in [-0.1, -0.05) is 36.4 Å². The molecular weight excluding hydrogens is 248 g/mol. The summed E-state index contributed by atoms with van der Waals surface area (Å²) in [4.78, 5) is 19.1. The van der Waals surface area contributed by atoms with Crippen LogP contribution in [0.2, 0.25) is 0 Å². The van der Waals surface area contributed by atoms with Crippen molar-refractivity contribution < 1.29 is 4.79 Å². The van der Waals surface area contributed by atoms with Crippen molar-refractivity contribution in [1.82, 2.24) is 4.98 Å². The largest absolute Gasteiger partial charge is 0.314 e. The van der Waals surface area contributed by atoms with Gasteiger partial charge in [0.1, 0.15) is 5.41 Å². The van der Waals surface area contributed by atoms with E-state index >= 15 is 0 Å². The van der Waals surface area contributed by atoms with E-state index in [1.807, 2.05) is 49.5 Å². The van der Waals surface area contributed by atoms with E-state index in [9.17, 15) is 4.79 Å². The Bertz CT molecular complexity index is 750. The van der Waals surface area contributed by atoms with Gasteiger partial charge in [0.05, 0.1) is 0 Å². The first-order chi connectivity index (χ1) is 9.75. The van der Waals surface area contributed by atoms with Crippen LogP contribution in [0.5, 0.6) is 0 Å². The summed E-state index contributed by atoms with van der Waals surface area (Å²) >= 11 is 0. The smallest absolute Gasteiger partial charge is 0.245 e. The van der Waals surface area contributed by atoms with Crippen molar-refractivity contribution in [2.45, 2.75) is 11.8 Å². The number of amides is 1. The van der Waals surface area contributed by atoms with Crippen molar-refractivity contribution in [2.24, 2.45) is 0 Å². The van der Waals surface area contributed by atoms with Gasteiger partial charge in [0.2, 0.25) is 5.91 Å². The van der Waals surface area contributed by atoms with E-state index in [2.05, 4.69) is 11.1 Å². The highest BCUT2D eigenvalue weighted by molar-refractivity contribution is 6.12. The molecule has 1 aromatic heterocycles. The second-order valence-corrected chi connectivity index (χ2v) is 5.29. The highest BCUT2D eigenvalue weighted by Crippen LogP contribution is 2.48. The fourth-order valence-electron chi connectivity index (χ4n) is 3.41. The van der Waals surface area contributed by atoms with Crippen molar-refractivity contribution >= 4 is 11.6 Å². The number of pyridine rings is 1. The minimum Gasteiger partial charge on any atom is -0.314 e. The minimum absolute atomic E-state index is 0.101. The number of nitrogens with zero attached hydrogens (tertiary/aromatic N) is 2. The molecule has 1 aliphatic heterocycles. The SMILES string of the molecule is CN1C(=O)[C@@]2(C=CCc3ncccc32)c2ccccc21. The number of hydrogen-bond acceptors (Lipinski definition) is 2. The second-order valence-electron chi connectivity index (χ2n) is 5.29.